The Kier molecular flexibility index (Phi) is 5.53. The number of nitrogens with zero attached hydrogens (tertiary/aromatic N) is 4. The van der Waals surface area contributed by atoms with E-state index in [9.17, 15) is 19.8 Å². The molecule has 140 valence electrons. The largest absolute Gasteiger partial charge is 0.390 e. The lowest BCUT2D eigenvalue weighted by atomic mass is 9.92. The average molecular weight is 352 g/mol. The standard InChI is InChI=1S/C17H28N4O4/c1-11(6-7-12(22)17(2,3)25)8-9-21-15(23)13-14(18-10-19(13)4)20(5)16(21)24/h10-12,22,25H,6-9H2,1-5H3. The Hall–Kier alpha value is -1.93. The molecule has 25 heavy (non-hydrogen) atoms. The van der Waals surface area contributed by atoms with Gasteiger partial charge < -0.3 is 14.8 Å². The molecule has 2 N–H and O–H groups in total. The molecule has 0 fully saturated rings. The van der Waals surface area contributed by atoms with Crippen molar-refractivity contribution in [2.45, 2.75) is 58.3 Å². The Bertz CT molecular complexity index is 856. The quantitative estimate of drug-likeness (QED) is 0.750. The molecular formula is C17H28N4O4. The first-order valence-corrected chi connectivity index (χ1v) is 8.55. The van der Waals surface area contributed by atoms with Crippen molar-refractivity contribution in [1.82, 2.24) is 18.7 Å². The lowest BCUT2D eigenvalue weighted by Crippen LogP contribution is -2.40. The first-order chi connectivity index (χ1) is 11.5. The molecule has 0 spiro atoms. The Labute approximate surface area is 146 Å². The van der Waals surface area contributed by atoms with E-state index in [1.54, 1.807) is 32.5 Å². The molecule has 0 aliphatic carbocycles. The van der Waals surface area contributed by atoms with Crippen LogP contribution in [-0.4, -0.2) is 40.6 Å². The van der Waals surface area contributed by atoms with Gasteiger partial charge in [-0.05, 0) is 39.0 Å². The molecule has 0 bridgehead atoms. The third-order valence-electron chi connectivity index (χ3n) is 4.79. The Morgan fingerprint density at radius 3 is 2.44 bits per heavy atom. The van der Waals surface area contributed by atoms with E-state index >= 15 is 0 Å². The van der Waals surface area contributed by atoms with Gasteiger partial charge >= 0.3 is 5.69 Å². The topological polar surface area (TPSA) is 102 Å². The summed E-state index contributed by atoms with van der Waals surface area (Å²) in [6.07, 6.45) is 2.54. The van der Waals surface area contributed by atoms with Gasteiger partial charge in [0.1, 0.15) is 0 Å². The van der Waals surface area contributed by atoms with E-state index in [4.69, 9.17) is 0 Å². The molecule has 2 atom stereocenters. The maximum atomic E-state index is 12.6. The number of hydrogen-bond donors (Lipinski definition) is 2. The first kappa shape index (κ1) is 19.4. The first-order valence-electron chi connectivity index (χ1n) is 8.55. The van der Waals surface area contributed by atoms with Crippen LogP contribution in [0.5, 0.6) is 0 Å². The minimum Gasteiger partial charge on any atom is -0.390 e. The van der Waals surface area contributed by atoms with E-state index < -0.39 is 11.7 Å². The van der Waals surface area contributed by atoms with Crippen LogP contribution in [0.25, 0.3) is 11.2 Å². The maximum absolute atomic E-state index is 12.6. The highest BCUT2D eigenvalue weighted by atomic mass is 16.3. The van der Waals surface area contributed by atoms with Crippen molar-refractivity contribution < 1.29 is 10.2 Å². The monoisotopic (exact) mass is 352 g/mol. The number of hydrogen-bond acceptors (Lipinski definition) is 5. The summed E-state index contributed by atoms with van der Waals surface area (Å²) < 4.78 is 4.25. The molecule has 0 amide bonds. The van der Waals surface area contributed by atoms with Crippen molar-refractivity contribution in [1.29, 1.82) is 0 Å². The van der Waals surface area contributed by atoms with E-state index in [2.05, 4.69) is 4.98 Å². The van der Waals surface area contributed by atoms with Gasteiger partial charge in [0, 0.05) is 20.6 Å². The molecule has 2 heterocycles. The molecule has 2 aromatic rings. The fourth-order valence-corrected chi connectivity index (χ4v) is 2.88. The normalized spacial score (nSPS) is 14.8. The molecule has 8 heteroatoms. The average Bonchev–Trinajstić information content (AvgIpc) is 2.91. The predicted octanol–water partition coefficient (Wildman–Crippen LogP) is 0.372. The van der Waals surface area contributed by atoms with E-state index in [0.29, 0.717) is 37.0 Å². The number of fused-ring (bicyclic) bond motifs is 1. The zero-order chi connectivity index (χ0) is 18.9. The highest BCUT2D eigenvalue weighted by molar-refractivity contribution is 5.69. The maximum Gasteiger partial charge on any atom is 0.332 e. The van der Waals surface area contributed by atoms with Crippen molar-refractivity contribution in [2.24, 2.45) is 20.0 Å². The number of aliphatic hydroxyl groups excluding tert-OH is 1. The highest BCUT2D eigenvalue weighted by Crippen LogP contribution is 2.18. The lowest BCUT2D eigenvalue weighted by Gasteiger charge is -2.25. The molecule has 0 saturated carbocycles. The molecule has 8 nitrogen and oxygen atoms in total. The third-order valence-corrected chi connectivity index (χ3v) is 4.79. The van der Waals surface area contributed by atoms with Gasteiger partial charge in [-0.3, -0.25) is 13.9 Å². The van der Waals surface area contributed by atoms with E-state index in [0.717, 1.165) is 0 Å². The second-order valence-corrected chi connectivity index (χ2v) is 7.47. The van der Waals surface area contributed by atoms with Crippen molar-refractivity contribution in [3.05, 3.63) is 27.2 Å². The van der Waals surface area contributed by atoms with Crippen molar-refractivity contribution in [3.63, 3.8) is 0 Å². The van der Waals surface area contributed by atoms with Gasteiger partial charge in [0.15, 0.2) is 11.2 Å². The number of imidazole rings is 1. The zero-order valence-corrected chi connectivity index (χ0v) is 15.6. The fraction of sp³-hybridized carbons (Fsp3) is 0.706. The second kappa shape index (κ2) is 7.13. The van der Waals surface area contributed by atoms with Crippen LogP contribution in [0.3, 0.4) is 0 Å². The minimum atomic E-state index is -1.13. The molecule has 0 radical (unpaired) electrons. The van der Waals surface area contributed by atoms with Crippen LogP contribution in [0.15, 0.2) is 15.9 Å². The molecule has 2 unspecified atom stereocenters. The Morgan fingerprint density at radius 2 is 1.84 bits per heavy atom. The van der Waals surface area contributed by atoms with Gasteiger partial charge in [-0.25, -0.2) is 9.78 Å². The summed E-state index contributed by atoms with van der Waals surface area (Å²) in [6, 6.07) is 0. The van der Waals surface area contributed by atoms with Crippen molar-refractivity contribution in [2.75, 3.05) is 0 Å². The molecule has 2 aromatic heterocycles. The van der Waals surface area contributed by atoms with Gasteiger partial charge in [0.05, 0.1) is 18.0 Å². The van der Waals surface area contributed by atoms with Crippen LogP contribution < -0.4 is 11.2 Å². The number of aliphatic hydroxyl groups is 2. The van der Waals surface area contributed by atoms with Crippen LogP contribution >= 0.6 is 0 Å². The second-order valence-electron chi connectivity index (χ2n) is 7.47. The summed E-state index contributed by atoms with van der Waals surface area (Å²) in [4.78, 5) is 29.1. The van der Waals surface area contributed by atoms with E-state index in [1.807, 2.05) is 6.92 Å². The Morgan fingerprint density at radius 1 is 1.20 bits per heavy atom. The van der Waals surface area contributed by atoms with Crippen LogP contribution in [0, 0.1) is 5.92 Å². The van der Waals surface area contributed by atoms with Gasteiger partial charge in [-0.2, -0.15) is 0 Å². The van der Waals surface area contributed by atoms with Crippen LogP contribution in [0.1, 0.15) is 40.0 Å². The summed E-state index contributed by atoms with van der Waals surface area (Å²) in [5.74, 6) is 0.204. The number of aryl methyl sites for hydroxylation is 2. The fourth-order valence-electron chi connectivity index (χ4n) is 2.88. The molecule has 0 saturated heterocycles. The van der Waals surface area contributed by atoms with E-state index in [1.165, 1.54) is 15.5 Å². The third kappa shape index (κ3) is 4.01. The SMILES string of the molecule is CC(CCC(O)C(C)(C)O)CCn1c(=O)c2c(ncn2C)n(C)c1=O. The van der Waals surface area contributed by atoms with Crippen LogP contribution in [0.4, 0.5) is 0 Å². The summed E-state index contributed by atoms with van der Waals surface area (Å²) in [7, 11) is 3.34. The summed E-state index contributed by atoms with van der Waals surface area (Å²) in [5.41, 5.74) is -1.04. The molecule has 0 aliphatic heterocycles. The van der Waals surface area contributed by atoms with E-state index in [-0.39, 0.29) is 17.2 Å². The van der Waals surface area contributed by atoms with Crippen LogP contribution in [-0.2, 0) is 20.6 Å². The van der Waals surface area contributed by atoms with Crippen molar-refractivity contribution in [3.8, 4) is 0 Å². The Balaban J connectivity index is 2.12. The summed E-state index contributed by atoms with van der Waals surface area (Å²) >= 11 is 0. The van der Waals surface area contributed by atoms with Crippen LogP contribution in [0.2, 0.25) is 0 Å². The minimum absolute atomic E-state index is 0.204. The number of aromatic nitrogens is 4. The smallest absolute Gasteiger partial charge is 0.332 e. The van der Waals surface area contributed by atoms with Gasteiger partial charge in [-0.1, -0.05) is 6.92 Å². The predicted molar refractivity (Wildman–Crippen MR) is 95.5 cm³/mol. The molecule has 0 aromatic carbocycles. The number of rotatable bonds is 7. The van der Waals surface area contributed by atoms with Gasteiger partial charge in [0.25, 0.3) is 5.56 Å². The molecule has 2 rings (SSSR count). The van der Waals surface area contributed by atoms with Gasteiger partial charge in [0.2, 0.25) is 0 Å². The summed E-state index contributed by atoms with van der Waals surface area (Å²) in [6.45, 7) is 5.48. The molecular weight excluding hydrogens is 324 g/mol. The zero-order valence-electron chi connectivity index (χ0n) is 15.6. The summed E-state index contributed by atoms with van der Waals surface area (Å²) in [5, 5.41) is 19.7. The van der Waals surface area contributed by atoms with Crippen molar-refractivity contribution >= 4 is 11.2 Å². The highest BCUT2D eigenvalue weighted by Gasteiger charge is 2.24. The molecule has 0 aliphatic rings. The van der Waals surface area contributed by atoms with Gasteiger partial charge in [-0.15, -0.1) is 0 Å². The lowest BCUT2D eigenvalue weighted by molar-refractivity contribution is -0.0535.